The maximum absolute atomic E-state index is 13.2. The van der Waals surface area contributed by atoms with Crippen molar-refractivity contribution < 1.29 is 8.60 Å². The molecule has 96 valence electrons. The van der Waals surface area contributed by atoms with Crippen LogP contribution in [0.3, 0.4) is 0 Å². The first-order valence-corrected chi connectivity index (χ1v) is 6.71. The average Bonchev–Trinajstić information content (AvgIpc) is 2.39. The number of benzene rings is 1. The number of aromatic nitrogens is 1. The van der Waals surface area contributed by atoms with Crippen LogP contribution in [0.2, 0.25) is 0 Å². The van der Waals surface area contributed by atoms with Crippen LogP contribution in [-0.4, -0.2) is 9.19 Å². The molecular weight excluding hydrogens is 265 g/mol. The van der Waals surface area contributed by atoms with Gasteiger partial charge in [0.1, 0.15) is 10.8 Å². The second kappa shape index (κ2) is 5.59. The molecule has 2 N–H and O–H groups in total. The van der Waals surface area contributed by atoms with Gasteiger partial charge in [0.05, 0.1) is 33.9 Å². The summed E-state index contributed by atoms with van der Waals surface area (Å²) in [4.78, 5) is 3.95. The molecule has 1 aromatic heterocycles. The second-order valence-electron chi connectivity index (χ2n) is 3.80. The van der Waals surface area contributed by atoms with Crippen molar-refractivity contribution in [2.75, 3.05) is 5.73 Å². The fraction of sp³-hybridized carbons (Fsp3) is 0.0769. The molecule has 0 aliphatic heterocycles. The van der Waals surface area contributed by atoms with Crippen LogP contribution in [0.1, 0.15) is 11.1 Å². The van der Waals surface area contributed by atoms with Crippen molar-refractivity contribution in [1.29, 1.82) is 5.26 Å². The molecule has 1 heterocycles. The van der Waals surface area contributed by atoms with E-state index in [1.165, 1.54) is 24.4 Å². The van der Waals surface area contributed by atoms with Crippen LogP contribution >= 0.6 is 0 Å². The van der Waals surface area contributed by atoms with Gasteiger partial charge in [0.15, 0.2) is 0 Å². The molecule has 0 amide bonds. The molecule has 0 aliphatic carbocycles. The van der Waals surface area contributed by atoms with Crippen molar-refractivity contribution >= 4 is 16.5 Å². The summed E-state index contributed by atoms with van der Waals surface area (Å²) in [5, 5.41) is 9.18. The van der Waals surface area contributed by atoms with Gasteiger partial charge in [-0.05, 0) is 35.9 Å². The van der Waals surface area contributed by atoms with Crippen LogP contribution in [0.15, 0.2) is 41.6 Å². The van der Waals surface area contributed by atoms with Crippen molar-refractivity contribution in [2.45, 2.75) is 10.8 Å². The van der Waals surface area contributed by atoms with Gasteiger partial charge < -0.3 is 5.73 Å². The normalized spacial score (nSPS) is 11.8. The lowest BCUT2D eigenvalue weighted by molar-refractivity contribution is 0.626. The summed E-state index contributed by atoms with van der Waals surface area (Å²) in [5.74, 6) is -0.470. The van der Waals surface area contributed by atoms with E-state index < -0.39 is 16.6 Å². The highest BCUT2D eigenvalue weighted by molar-refractivity contribution is 7.84. The van der Waals surface area contributed by atoms with E-state index in [4.69, 9.17) is 11.0 Å². The first kappa shape index (κ1) is 13.2. The van der Waals surface area contributed by atoms with E-state index in [0.717, 1.165) is 0 Å². The molecular formula is C13H10FN3OS. The lowest BCUT2D eigenvalue weighted by Crippen LogP contribution is -2.04. The summed E-state index contributed by atoms with van der Waals surface area (Å²) in [7, 11) is -1.52. The number of hydrogen-bond acceptors (Lipinski definition) is 4. The predicted molar refractivity (Wildman–Crippen MR) is 69.9 cm³/mol. The molecule has 0 bridgehead atoms. The van der Waals surface area contributed by atoms with E-state index >= 15 is 0 Å². The summed E-state index contributed by atoms with van der Waals surface area (Å²) < 4.78 is 25.3. The standard InChI is InChI=1S/C13H10FN3OS/c14-11-4-3-9(7-15)10(6-11)8-19(18)13-12(16)2-1-5-17-13/h1-6H,8,16H2. The number of nitrogens with zero attached hydrogens (tertiary/aromatic N) is 2. The van der Waals surface area contributed by atoms with Gasteiger partial charge in [-0.25, -0.2) is 9.37 Å². The third-order valence-corrected chi connectivity index (χ3v) is 3.84. The molecule has 1 unspecified atom stereocenters. The van der Waals surface area contributed by atoms with Crippen molar-refractivity contribution in [3.8, 4) is 6.07 Å². The number of anilines is 1. The molecule has 1 atom stereocenters. The molecule has 0 saturated carbocycles. The minimum Gasteiger partial charge on any atom is -0.396 e. The van der Waals surface area contributed by atoms with Gasteiger partial charge in [-0.3, -0.25) is 4.21 Å². The average molecular weight is 275 g/mol. The van der Waals surface area contributed by atoms with E-state index in [-0.39, 0.29) is 10.8 Å². The minimum absolute atomic E-state index is 0.00185. The van der Waals surface area contributed by atoms with E-state index in [9.17, 15) is 8.60 Å². The zero-order valence-corrected chi connectivity index (χ0v) is 10.7. The zero-order valence-electron chi connectivity index (χ0n) is 9.84. The molecule has 0 fully saturated rings. The van der Waals surface area contributed by atoms with Crippen LogP contribution in [0, 0.1) is 17.1 Å². The SMILES string of the molecule is N#Cc1ccc(F)cc1CS(=O)c1ncccc1N. The van der Waals surface area contributed by atoms with Crippen molar-refractivity contribution in [2.24, 2.45) is 0 Å². The van der Waals surface area contributed by atoms with Crippen LogP contribution in [-0.2, 0) is 16.6 Å². The summed E-state index contributed by atoms with van der Waals surface area (Å²) in [6.45, 7) is 0. The highest BCUT2D eigenvalue weighted by Gasteiger charge is 2.13. The molecule has 0 saturated heterocycles. The first-order valence-electron chi connectivity index (χ1n) is 5.39. The lowest BCUT2D eigenvalue weighted by Gasteiger charge is -2.06. The highest BCUT2D eigenvalue weighted by Crippen LogP contribution is 2.19. The smallest absolute Gasteiger partial charge is 0.150 e. The summed E-state index contributed by atoms with van der Waals surface area (Å²) in [6.07, 6.45) is 1.49. The number of rotatable bonds is 3. The third-order valence-electron chi connectivity index (χ3n) is 2.49. The molecule has 0 aliphatic rings. The molecule has 0 spiro atoms. The quantitative estimate of drug-likeness (QED) is 0.928. The van der Waals surface area contributed by atoms with Gasteiger partial charge in [0.2, 0.25) is 0 Å². The fourth-order valence-corrected chi connectivity index (χ4v) is 2.76. The number of nitrogen functional groups attached to an aromatic ring is 1. The number of pyridine rings is 1. The fourth-order valence-electron chi connectivity index (χ4n) is 1.59. The van der Waals surface area contributed by atoms with Crippen LogP contribution < -0.4 is 5.73 Å². The Hall–Kier alpha value is -2.26. The Morgan fingerprint density at radius 3 is 2.89 bits per heavy atom. The van der Waals surface area contributed by atoms with Crippen molar-refractivity contribution in [3.05, 3.63) is 53.5 Å². The van der Waals surface area contributed by atoms with Gasteiger partial charge in [0.25, 0.3) is 0 Å². The maximum Gasteiger partial charge on any atom is 0.150 e. The Morgan fingerprint density at radius 2 is 2.21 bits per heavy atom. The van der Waals surface area contributed by atoms with Crippen LogP contribution in [0.4, 0.5) is 10.1 Å². The van der Waals surface area contributed by atoms with Gasteiger partial charge in [-0.1, -0.05) is 0 Å². The molecule has 2 rings (SSSR count). The summed E-state index contributed by atoms with van der Waals surface area (Å²) >= 11 is 0. The number of halogens is 1. The number of nitriles is 1. The minimum atomic E-state index is -1.52. The van der Waals surface area contributed by atoms with Crippen molar-refractivity contribution in [3.63, 3.8) is 0 Å². The predicted octanol–water partition coefficient (Wildman–Crippen LogP) is 1.98. The Bertz CT molecular complexity index is 682. The van der Waals surface area contributed by atoms with Crippen molar-refractivity contribution in [1.82, 2.24) is 4.98 Å². The monoisotopic (exact) mass is 275 g/mol. The Balaban J connectivity index is 2.32. The molecule has 6 heteroatoms. The van der Waals surface area contributed by atoms with Gasteiger partial charge in [-0.15, -0.1) is 0 Å². The molecule has 0 radical (unpaired) electrons. The Morgan fingerprint density at radius 1 is 1.42 bits per heavy atom. The first-order chi connectivity index (χ1) is 9.11. The van der Waals surface area contributed by atoms with Crippen LogP contribution in [0.25, 0.3) is 0 Å². The Kier molecular flexibility index (Phi) is 3.88. The summed E-state index contributed by atoms with van der Waals surface area (Å²) in [5.41, 5.74) is 6.67. The lowest BCUT2D eigenvalue weighted by atomic mass is 10.1. The number of nitrogens with two attached hydrogens (primary N) is 1. The third kappa shape index (κ3) is 2.95. The highest BCUT2D eigenvalue weighted by atomic mass is 32.2. The van der Waals surface area contributed by atoms with Gasteiger partial charge in [0, 0.05) is 6.20 Å². The second-order valence-corrected chi connectivity index (χ2v) is 5.17. The van der Waals surface area contributed by atoms with E-state index in [0.29, 0.717) is 16.8 Å². The molecule has 19 heavy (non-hydrogen) atoms. The number of hydrogen-bond donors (Lipinski definition) is 1. The molecule has 2 aromatic rings. The summed E-state index contributed by atoms with van der Waals surface area (Å²) in [6, 6.07) is 8.94. The van der Waals surface area contributed by atoms with E-state index in [1.807, 2.05) is 6.07 Å². The molecule has 4 nitrogen and oxygen atoms in total. The Labute approximate surface area is 112 Å². The van der Waals surface area contributed by atoms with E-state index in [2.05, 4.69) is 4.98 Å². The van der Waals surface area contributed by atoms with Gasteiger partial charge in [-0.2, -0.15) is 5.26 Å². The topological polar surface area (TPSA) is 79.8 Å². The largest absolute Gasteiger partial charge is 0.396 e. The zero-order chi connectivity index (χ0) is 13.8. The molecule has 1 aromatic carbocycles. The van der Waals surface area contributed by atoms with Crippen LogP contribution in [0.5, 0.6) is 0 Å². The maximum atomic E-state index is 13.2. The van der Waals surface area contributed by atoms with E-state index in [1.54, 1.807) is 12.1 Å². The van der Waals surface area contributed by atoms with Gasteiger partial charge >= 0.3 is 0 Å².